The summed E-state index contributed by atoms with van der Waals surface area (Å²) in [5, 5.41) is 3.20. The minimum atomic E-state index is -3.46. The Labute approximate surface area is 126 Å². The molecule has 0 aliphatic carbocycles. The molecule has 0 amide bonds. The summed E-state index contributed by atoms with van der Waals surface area (Å²) < 4.78 is 28.9. The Morgan fingerprint density at radius 2 is 1.90 bits per heavy atom. The second-order valence-corrected chi connectivity index (χ2v) is 6.44. The number of nitrogens with one attached hydrogen (secondary N) is 2. The molecule has 114 valence electrons. The topological polar surface area (TPSA) is 63.1 Å². The molecule has 0 saturated heterocycles. The van der Waals surface area contributed by atoms with Gasteiger partial charge in [-0.3, -0.25) is 0 Å². The van der Waals surface area contributed by atoms with E-state index >= 15 is 0 Å². The highest BCUT2D eigenvalue weighted by Gasteiger charge is 2.16. The van der Waals surface area contributed by atoms with Gasteiger partial charge in [0.25, 0.3) is 0 Å². The van der Waals surface area contributed by atoms with Gasteiger partial charge in [0, 0.05) is 32.0 Å². The number of para-hydroxylation sites is 1. The van der Waals surface area contributed by atoms with Crippen LogP contribution in [0.5, 0.6) is 0 Å². The monoisotopic (exact) mass is 307 g/mol. The largest absolute Gasteiger partial charge is 0.380 e. The smallest absolute Gasteiger partial charge is 0.242 e. The molecule has 1 heterocycles. The predicted molar refractivity (Wildman–Crippen MR) is 84.7 cm³/mol. The lowest BCUT2D eigenvalue weighted by Gasteiger charge is -2.12. The van der Waals surface area contributed by atoms with Gasteiger partial charge in [0.2, 0.25) is 10.0 Å². The minimum Gasteiger partial charge on any atom is -0.380 e. The van der Waals surface area contributed by atoms with E-state index in [1.165, 1.54) is 0 Å². The number of benzene rings is 1. The molecule has 1 aromatic carbocycles. The molecule has 21 heavy (non-hydrogen) atoms. The molecule has 0 aliphatic heterocycles. The average molecular weight is 307 g/mol. The van der Waals surface area contributed by atoms with E-state index in [2.05, 4.69) is 27.7 Å². The summed E-state index contributed by atoms with van der Waals surface area (Å²) in [5.74, 6) is 0. The predicted octanol–water partition coefficient (Wildman–Crippen LogP) is 2.42. The zero-order valence-electron chi connectivity index (χ0n) is 12.3. The van der Waals surface area contributed by atoms with Gasteiger partial charge in [-0.25, -0.2) is 13.1 Å². The average Bonchev–Trinajstić information content (AvgIpc) is 2.93. The van der Waals surface area contributed by atoms with Crippen LogP contribution in [0.1, 0.15) is 19.4 Å². The summed E-state index contributed by atoms with van der Waals surface area (Å²) in [6.07, 6.45) is 4.06. The van der Waals surface area contributed by atoms with E-state index in [9.17, 15) is 8.42 Å². The van der Waals surface area contributed by atoms with Crippen molar-refractivity contribution in [2.75, 3.05) is 11.9 Å². The Balaban J connectivity index is 2.17. The van der Waals surface area contributed by atoms with Crippen LogP contribution in [-0.2, 0) is 23.1 Å². The molecular formula is C15H21N3O2S. The number of sulfonamides is 1. The highest BCUT2D eigenvalue weighted by atomic mass is 32.2. The maximum atomic E-state index is 12.2. The first-order chi connectivity index (χ1) is 10.1. The molecular weight excluding hydrogens is 286 g/mol. The third-order valence-corrected chi connectivity index (χ3v) is 4.77. The quantitative estimate of drug-likeness (QED) is 0.826. The highest BCUT2D eigenvalue weighted by molar-refractivity contribution is 7.89. The van der Waals surface area contributed by atoms with E-state index in [0.717, 1.165) is 12.1 Å². The number of nitrogens with zero attached hydrogens (tertiary/aromatic N) is 1. The molecule has 0 fully saturated rings. The molecule has 2 rings (SSSR count). The third-order valence-electron chi connectivity index (χ3n) is 3.17. The van der Waals surface area contributed by atoms with Crippen molar-refractivity contribution in [2.45, 2.75) is 31.8 Å². The van der Waals surface area contributed by atoms with Crippen LogP contribution in [0, 0.1) is 0 Å². The molecule has 0 unspecified atom stereocenters. The van der Waals surface area contributed by atoms with Gasteiger partial charge in [0.15, 0.2) is 0 Å². The van der Waals surface area contributed by atoms with Crippen LogP contribution in [0.2, 0.25) is 0 Å². The molecule has 0 saturated carbocycles. The Morgan fingerprint density at radius 3 is 2.57 bits per heavy atom. The molecule has 6 heteroatoms. The SMILES string of the molecule is CCNS(=O)(=O)c1ccccc1NCc1ccn(CC)c1. The first kappa shape index (κ1) is 15.6. The summed E-state index contributed by atoms with van der Waals surface area (Å²) in [4.78, 5) is 0.279. The van der Waals surface area contributed by atoms with Gasteiger partial charge in [-0.05, 0) is 30.7 Å². The Bertz CT molecular complexity index is 692. The van der Waals surface area contributed by atoms with Gasteiger partial charge in [-0.2, -0.15) is 0 Å². The number of hydrogen-bond acceptors (Lipinski definition) is 3. The lowest BCUT2D eigenvalue weighted by atomic mass is 10.3. The van der Waals surface area contributed by atoms with Crippen molar-refractivity contribution in [3.05, 3.63) is 48.3 Å². The van der Waals surface area contributed by atoms with Gasteiger partial charge in [0.1, 0.15) is 4.90 Å². The van der Waals surface area contributed by atoms with Crippen molar-refractivity contribution in [1.29, 1.82) is 0 Å². The van der Waals surface area contributed by atoms with Crippen LogP contribution in [0.25, 0.3) is 0 Å². The molecule has 0 bridgehead atoms. The van der Waals surface area contributed by atoms with Gasteiger partial charge in [0.05, 0.1) is 5.69 Å². The van der Waals surface area contributed by atoms with Gasteiger partial charge in [-0.1, -0.05) is 19.1 Å². The molecule has 1 aromatic heterocycles. The lowest BCUT2D eigenvalue weighted by molar-refractivity contribution is 0.584. The normalized spacial score (nSPS) is 11.5. The van der Waals surface area contributed by atoms with E-state index in [4.69, 9.17) is 0 Å². The van der Waals surface area contributed by atoms with Crippen LogP contribution in [0.15, 0.2) is 47.6 Å². The third kappa shape index (κ3) is 3.86. The Morgan fingerprint density at radius 1 is 1.14 bits per heavy atom. The molecule has 0 aliphatic rings. The molecule has 2 N–H and O–H groups in total. The van der Waals surface area contributed by atoms with Crippen molar-refractivity contribution in [2.24, 2.45) is 0 Å². The zero-order chi connectivity index (χ0) is 15.3. The number of anilines is 1. The van der Waals surface area contributed by atoms with Crippen LogP contribution < -0.4 is 10.0 Å². The Hall–Kier alpha value is -1.79. The van der Waals surface area contributed by atoms with Gasteiger partial charge >= 0.3 is 0 Å². The molecule has 5 nitrogen and oxygen atoms in total. The fraction of sp³-hybridized carbons (Fsp3) is 0.333. The van der Waals surface area contributed by atoms with Crippen LogP contribution >= 0.6 is 0 Å². The number of aromatic nitrogens is 1. The first-order valence-corrected chi connectivity index (χ1v) is 8.52. The second kappa shape index (κ2) is 6.78. The van der Waals surface area contributed by atoms with E-state index in [0.29, 0.717) is 18.8 Å². The minimum absolute atomic E-state index is 0.279. The summed E-state index contributed by atoms with van der Waals surface area (Å²) in [6.45, 7) is 5.73. The van der Waals surface area contributed by atoms with Crippen LogP contribution in [0.4, 0.5) is 5.69 Å². The summed E-state index contributed by atoms with van der Waals surface area (Å²) in [6, 6.07) is 8.96. The van der Waals surface area contributed by atoms with E-state index in [1.807, 2.05) is 18.3 Å². The molecule has 0 atom stereocenters. The lowest BCUT2D eigenvalue weighted by Crippen LogP contribution is -2.24. The maximum absolute atomic E-state index is 12.2. The standard InChI is InChI=1S/C15H21N3O2S/c1-3-17-21(19,20)15-8-6-5-7-14(15)16-11-13-9-10-18(4-2)12-13/h5-10,12,16-17H,3-4,11H2,1-2H3. The zero-order valence-corrected chi connectivity index (χ0v) is 13.2. The fourth-order valence-electron chi connectivity index (χ4n) is 2.10. The number of hydrogen-bond donors (Lipinski definition) is 2. The van der Waals surface area contributed by atoms with Crippen molar-refractivity contribution in [3.8, 4) is 0 Å². The summed E-state index contributed by atoms with van der Waals surface area (Å²) in [7, 11) is -3.46. The highest BCUT2D eigenvalue weighted by Crippen LogP contribution is 2.21. The van der Waals surface area contributed by atoms with Crippen LogP contribution in [-0.4, -0.2) is 19.5 Å². The first-order valence-electron chi connectivity index (χ1n) is 7.04. The van der Waals surface area contributed by atoms with Crippen molar-refractivity contribution < 1.29 is 8.42 Å². The van der Waals surface area contributed by atoms with E-state index in [1.54, 1.807) is 25.1 Å². The van der Waals surface area contributed by atoms with E-state index in [-0.39, 0.29) is 4.90 Å². The van der Waals surface area contributed by atoms with Crippen molar-refractivity contribution in [1.82, 2.24) is 9.29 Å². The van der Waals surface area contributed by atoms with Crippen molar-refractivity contribution >= 4 is 15.7 Å². The van der Waals surface area contributed by atoms with E-state index < -0.39 is 10.0 Å². The van der Waals surface area contributed by atoms with Gasteiger partial charge in [-0.15, -0.1) is 0 Å². The maximum Gasteiger partial charge on any atom is 0.242 e. The van der Waals surface area contributed by atoms with Gasteiger partial charge < -0.3 is 9.88 Å². The second-order valence-electron chi connectivity index (χ2n) is 4.70. The van der Waals surface area contributed by atoms with Crippen LogP contribution in [0.3, 0.4) is 0 Å². The summed E-state index contributed by atoms with van der Waals surface area (Å²) in [5.41, 5.74) is 1.73. The molecule has 0 spiro atoms. The number of aryl methyl sites for hydroxylation is 1. The van der Waals surface area contributed by atoms with Crippen molar-refractivity contribution in [3.63, 3.8) is 0 Å². The number of rotatable bonds is 7. The molecule has 2 aromatic rings. The molecule has 0 radical (unpaired) electrons. The summed E-state index contributed by atoms with van der Waals surface area (Å²) >= 11 is 0. The fourth-order valence-corrected chi connectivity index (χ4v) is 3.33. The Kier molecular flexibility index (Phi) is 5.03.